The van der Waals surface area contributed by atoms with Crippen LogP contribution in [-0.2, 0) is 9.47 Å². The van der Waals surface area contributed by atoms with Gasteiger partial charge < -0.3 is 14.8 Å². The Bertz CT molecular complexity index is 469. The Morgan fingerprint density at radius 2 is 2.25 bits per heavy atom. The smallest absolute Gasteiger partial charge is 0.367 e. The fourth-order valence-electron chi connectivity index (χ4n) is 1.94. The van der Waals surface area contributed by atoms with Gasteiger partial charge in [0.15, 0.2) is 0 Å². The van der Waals surface area contributed by atoms with Crippen molar-refractivity contribution < 1.29 is 19.1 Å². The number of nitrogens with zero attached hydrogens (tertiary/aromatic N) is 1. The first-order valence-corrected chi connectivity index (χ1v) is 7.57. The van der Waals surface area contributed by atoms with E-state index in [0.717, 1.165) is 37.4 Å². The summed E-state index contributed by atoms with van der Waals surface area (Å²) in [6.07, 6.45) is 1.93. The van der Waals surface area contributed by atoms with Gasteiger partial charge in [-0.25, -0.2) is 9.78 Å². The lowest BCUT2D eigenvalue weighted by Crippen LogP contribution is -2.32. The first-order chi connectivity index (χ1) is 9.70. The predicted molar refractivity (Wildman–Crippen MR) is 73.9 cm³/mol. The van der Waals surface area contributed by atoms with E-state index in [9.17, 15) is 9.59 Å². The van der Waals surface area contributed by atoms with Crippen molar-refractivity contribution in [3.8, 4) is 0 Å². The molecule has 1 fully saturated rings. The lowest BCUT2D eigenvalue weighted by molar-refractivity contribution is 0.0525. The number of amides is 1. The van der Waals surface area contributed by atoms with Gasteiger partial charge in [-0.2, -0.15) is 0 Å². The second-order valence-corrected chi connectivity index (χ2v) is 5.38. The molecule has 1 aromatic rings. The molecule has 1 saturated heterocycles. The van der Waals surface area contributed by atoms with Crippen molar-refractivity contribution in [2.24, 2.45) is 5.92 Å². The van der Waals surface area contributed by atoms with Crippen molar-refractivity contribution in [3.05, 3.63) is 16.1 Å². The van der Waals surface area contributed by atoms with Crippen molar-refractivity contribution in [2.75, 3.05) is 26.4 Å². The molecule has 1 aliphatic heterocycles. The van der Waals surface area contributed by atoms with Crippen LogP contribution in [0.1, 0.15) is 40.1 Å². The minimum Gasteiger partial charge on any atom is -0.461 e. The molecule has 0 radical (unpaired) electrons. The van der Waals surface area contributed by atoms with E-state index in [4.69, 9.17) is 9.47 Å². The average Bonchev–Trinajstić information content (AvgIpc) is 2.96. The first kappa shape index (κ1) is 14.9. The maximum absolute atomic E-state index is 11.9. The van der Waals surface area contributed by atoms with E-state index in [1.54, 1.807) is 12.3 Å². The second-order valence-electron chi connectivity index (χ2n) is 4.52. The SMILES string of the molecule is CCOC(=O)c1nc(C(=O)NCC2CCOCC2)cs1. The number of carbonyl (C=O) groups excluding carboxylic acids is 2. The van der Waals surface area contributed by atoms with Gasteiger partial charge in [0.2, 0.25) is 5.01 Å². The fraction of sp³-hybridized carbons (Fsp3) is 0.615. The Balaban J connectivity index is 1.84. The van der Waals surface area contributed by atoms with Crippen molar-refractivity contribution >= 4 is 23.2 Å². The summed E-state index contributed by atoms with van der Waals surface area (Å²) in [4.78, 5) is 27.4. The van der Waals surface area contributed by atoms with Gasteiger partial charge in [0.1, 0.15) is 5.69 Å². The number of ether oxygens (including phenoxy) is 2. The molecule has 0 aliphatic carbocycles. The van der Waals surface area contributed by atoms with Gasteiger partial charge in [-0.05, 0) is 25.7 Å². The number of thiazole rings is 1. The van der Waals surface area contributed by atoms with Crippen LogP contribution < -0.4 is 5.32 Å². The van der Waals surface area contributed by atoms with Crippen LogP contribution in [0, 0.1) is 5.92 Å². The summed E-state index contributed by atoms with van der Waals surface area (Å²) in [5.74, 6) is -0.278. The van der Waals surface area contributed by atoms with E-state index in [1.165, 1.54) is 0 Å². The van der Waals surface area contributed by atoms with Crippen LogP contribution in [-0.4, -0.2) is 43.2 Å². The molecule has 0 aromatic carbocycles. The van der Waals surface area contributed by atoms with Crippen molar-refractivity contribution in [1.82, 2.24) is 10.3 Å². The van der Waals surface area contributed by atoms with Gasteiger partial charge in [0.05, 0.1) is 6.61 Å². The highest BCUT2D eigenvalue weighted by atomic mass is 32.1. The van der Waals surface area contributed by atoms with E-state index in [-0.39, 0.29) is 16.6 Å². The fourth-order valence-corrected chi connectivity index (χ4v) is 2.63. The molecule has 110 valence electrons. The van der Waals surface area contributed by atoms with Crippen molar-refractivity contribution in [2.45, 2.75) is 19.8 Å². The van der Waals surface area contributed by atoms with Crippen molar-refractivity contribution in [3.63, 3.8) is 0 Å². The molecule has 1 N–H and O–H groups in total. The van der Waals surface area contributed by atoms with Crippen LogP contribution in [0.5, 0.6) is 0 Å². The minimum absolute atomic E-state index is 0.211. The normalized spacial score (nSPS) is 15.8. The topological polar surface area (TPSA) is 77.5 Å². The summed E-state index contributed by atoms with van der Waals surface area (Å²) in [5.41, 5.74) is 0.269. The van der Waals surface area contributed by atoms with Crippen LogP contribution in [0.25, 0.3) is 0 Å². The highest BCUT2D eigenvalue weighted by Crippen LogP contribution is 2.14. The molecular weight excluding hydrogens is 280 g/mol. The zero-order chi connectivity index (χ0) is 14.4. The average molecular weight is 298 g/mol. The molecule has 0 spiro atoms. The molecule has 1 aromatic heterocycles. The number of esters is 1. The standard InChI is InChI=1S/C13H18N2O4S/c1-2-19-13(17)12-15-10(8-20-12)11(16)14-7-9-3-5-18-6-4-9/h8-9H,2-7H2,1H3,(H,14,16). The monoisotopic (exact) mass is 298 g/mol. The van der Waals surface area contributed by atoms with Gasteiger partial charge in [0, 0.05) is 25.1 Å². The maximum Gasteiger partial charge on any atom is 0.367 e. The van der Waals surface area contributed by atoms with E-state index in [0.29, 0.717) is 19.1 Å². The third-order valence-corrected chi connectivity index (χ3v) is 3.90. The number of carbonyl (C=O) groups is 2. The molecule has 0 atom stereocenters. The third-order valence-electron chi connectivity index (χ3n) is 3.08. The van der Waals surface area contributed by atoms with Gasteiger partial charge in [0.25, 0.3) is 5.91 Å². The van der Waals surface area contributed by atoms with Gasteiger partial charge >= 0.3 is 5.97 Å². The molecule has 0 unspecified atom stereocenters. The molecule has 7 heteroatoms. The quantitative estimate of drug-likeness (QED) is 0.833. The Kier molecular flexibility index (Phi) is 5.49. The van der Waals surface area contributed by atoms with Gasteiger partial charge in [-0.15, -0.1) is 11.3 Å². The number of aromatic nitrogens is 1. The Labute approximate surface area is 121 Å². The van der Waals surface area contributed by atoms with Gasteiger partial charge in [-0.3, -0.25) is 4.79 Å². The van der Waals surface area contributed by atoms with E-state index < -0.39 is 5.97 Å². The molecule has 0 saturated carbocycles. The highest BCUT2D eigenvalue weighted by Gasteiger charge is 2.18. The number of nitrogens with one attached hydrogen (secondary N) is 1. The molecule has 2 rings (SSSR count). The second kappa shape index (κ2) is 7.35. The zero-order valence-electron chi connectivity index (χ0n) is 11.4. The van der Waals surface area contributed by atoms with Crippen LogP contribution >= 0.6 is 11.3 Å². The maximum atomic E-state index is 11.9. The molecule has 0 bridgehead atoms. The number of rotatable bonds is 5. The first-order valence-electron chi connectivity index (χ1n) is 6.69. The number of hydrogen-bond donors (Lipinski definition) is 1. The zero-order valence-corrected chi connectivity index (χ0v) is 12.2. The van der Waals surface area contributed by atoms with E-state index in [2.05, 4.69) is 10.3 Å². The van der Waals surface area contributed by atoms with Crippen molar-refractivity contribution in [1.29, 1.82) is 0 Å². The summed E-state index contributed by atoms with van der Waals surface area (Å²) >= 11 is 1.12. The van der Waals surface area contributed by atoms with Crippen LogP contribution in [0.4, 0.5) is 0 Å². The summed E-state index contributed by atoms with van der Waals surface area (Å²) in [5, 5.41) is 4.64. The summed E-state index contributed by atoms with van der Waals surface area (Å²) in [6.45, 7) is 4.15. The molecule has 2 heterocycles. The third kappa shape index (κ3) is 4.01. The van der Waals surface area contributed by atoms with Crippen LogP contribution in [0.15, 0.2) is 5.38 Å². The van der Waals surface area contributed by atoms with Gasteiger partial charge in [-0.1, -0.05) is 0 Å². The molecule has 20 heavy (non-hydrogen) atoms. The number of hydrogen-bond acceptors (Lipinski definition) is 6. The van der Waals surface area contributed by atoms with Crippen LogP contribution in [0.2, 0.25) is 0 Å². The lowest BCUT2D eigenvalue weighted by Gasteiger charge is -2.21. The van der Waals surface area contributed by atoms with Crippen LogP contribution in [0.3, 0.4) is 0 Å². The molecular formula is C13H18N2O4S. The largest absolute Gasteiger partial charge is 0.461 e. The summed E-state index contributed by atoms with van der Waals surface area (Å²) in [6, 6.07) is 0. The predicted octanol–water partition coefficient (Wildman–Crippen LogP) is 1.48. The minimum atomic E-state index is -0.485. The van der Waals surface area contributed by atoms with E-state index >= 15 is 0 Å². The Hall–Kier alpha value is -1.47. The Morgan fingerprint density at radius 3 is 2.95 bits per heavy atom. The lowest BCUT2D eigenvalue weighted by atomic mass is 10.0. The van der Waals surface area contributed by atoms with E-state index in [1.807, 2.05) is 0 Å². The highest BCUT2D eigenvalue weighted by molar-refractivity contribution is 7.11. The Morgan fingerprint density at radius 1 is 1.50 bits per heavy atom. The summed E-state index contributed by atoms with van der Waals surface area (Å²) in [7, 11) is 0. The molecule has 6 nitrogen and oxygen atoms in total. The summed E-state index contributed by atoms with van der Waals surface area (Å²) < 4.78 is 10.1. The molecule has 1 aliphatic rings. The molecule has 1 amide bonds.